The number of hydrogen-bond acceptors (Lipinski definition) is 8. The second kappa shape index (κ2) is 15.0. The molecule has 38 heavy (non-hydrogen) atoms. The van der Waals surface area contributed by atoms with Gasteiger partial charge in [0.05, 0.1) is 12.5 Å². The van der Waals surface area contributed by atoms with Crippen LogP contribution in [0.3, 0.4) is 0 Å². The van der Waals surface area contributed by atoms with Crippen molar-refractivity contribution in [2.24, 2.45) is 17.2 Å². The van der Waals surface area contributed by atoms with E-state index in [0.29, 0.717) is 31.4 Å². The van der Waals surface area contributed by atoms with Gasteiger partial charge in [-0.3, -0.25) is 19.2 Å². The number of para-hydroxylation sites is 1. The first-order valence-electron chi connectivity index (χ1n) is 12.1. The van der Waals surface area contributed by atoms with Crippen LogP contribution in [0.25, 0.3) is 10.9 Å². The number of nitrogens with one attached hydrogen (secondary N) is 4. The minimum Gasteiger partial charge on any atom is -0.480 e. The first-order valence-corrected chi connectivity index (χ1v) is 12.7. The molecule has 1 aromatic heterocycles. The van der Waals surface area contributed by atoms with Crippen molar-refractivity contribution in [3.05, 3.63) is 36.0 Å². The van der Waals surface area contributed by atoms with Crippen LogP contribution in [0.5, 0.6) is 0 Å². The fourth-order valence-electron chi connectivity index (χ4n) is 3.79. The van der Waals surface area contributed by atoms with Crippen molar-refractivity contribution in [1.82, 2.24) is 20.9 Å². The van der Waals surface area contributed by atoms with Crippen LogP contribution in [0.4, 0.5) is 0 Å². The highest BCUT2D eigenvalue weighted by Gasteiger charge is 2.31. The van der Waals surface area contributed by atoms with Crippen molar-refractivity contribution < 1.29 is 29.1 Å². The summed E-state index contributed by atoms with van der Waals surface area (Å²) >= 11 is 4.09. The maximum atomic E-state index is 12.9. The zero-order valence-corrected chi connectivity index (χ0v) is 21.7. The summed E-state index contributed by atoms with van der Waals surface area (Å²) in [5.41, 5.74) is 18.0. The number of aromatic amines is 1. The fraction of sp³-hybridized carbons (Fsp3) is 0.458. The van der Waals surface area contributed by atoms with Gasteiger partial charge in [0.25, 0.3) is 0 Å². The van der Waals surface area contributed by atoms with E-state index in [-0.39, 0.29) is 12.2 Å². The topological polar surface area (TPSA) is 236 Å². The lowest BCUT2D eigenvalue weighted by molar-refractivity contribution is -0.142. The number of fused-ring (bicyclic) bond motifs is 1. The highest BCUT2D eigenvalue weighted by molar-refractivity contribution is 7.80. The van der Waals surface area contributed by atoms with Crippen molar-refractivity contribution in [1.29, 1.82) is 0 Å². The third-order valence-electron chi connectivity index (χ3n) is 5.87. The Bertz CT molecular complexity index is 1140. The summed E-state index contributed by atoms with van der Waals surface area (Å²) in [5.74, 6) is -4.66. The number of primary amides is 1. The lowest BCUT2D eigenvalue weighted by atomic mass is 10.0. The van der Waals surface area contributed by atoms with E-state index in [1.165, 1.54) is 0 Å². The summed E-state index contributed by atoms with van der Waals surface area (Å²) in [6, 6.07) is 2.43. The Kier molecular flexibility index (Phi) is 12.0. The van der Waals surface area contributed by atoms with Gasteiger partial charge in [-0.1, -0.05) is 24.6 Å². The molecule has 0 saturated carbocycles. The number of amides is 4. The predicted molar refractivity (Wildman–Crippen MR) is 144 cm³/mol. The normalized spacial score (nSPS) is 14.2. The molecule has 0 aliphatic carbocycles. The number of unbranched alkanes of at least 4 members (excludes halogenated alkanes) is 1. The third kappa shape index (κ3) is 9.04. The molecule has 1 heterocycles. The molecule has 0 bridgehead atoms. The van der Waals surface area contributed by atoms with Gasteiger partial charge in [-0.15, -0.1) is 0 Å². The second-order valence-corrected chi connectivity index (χ2v) is 9.19. The Hall–Kier alpha value is -3.62. The van der Waals surface area contributed by atoms with Crippen LogP contribution in [0, 0.1) is 0 Å². The summed E-state index contributed by atoms with van der Waals surface area (Å²) in [5, 5.41) is 17.7. The average Bonchev–Trinajstić information content (AvgIpc) is 3.28. The molecule has 13 nitrogen and oxygen atoms in total. The summed E-state index contributed by atoms with van der Waals surface area (Å²) in [7, 11) is 0. The Balaban J connectivity index is 2.06. The summed E-state index contributed by atoms with van der Waals surface area (Å²) in [4.78, 5) is 64.6. The highest BCUT2D eigenvalue weighted by Crippen LogP contribution is 2.19. The van der Waals surface area contributed by atoms with Crippen molar-refractivity contribution >= 4 is 53.1 Å². The number of thiol groups is 1. The molecule has 2 rings (SSSR count). The number of hydrogen-bond donors (Lipinski definition) is 9. The standard InChI is InChI=1S/C24H35N7O6S/c25-8-4-3-6-15(26)21(33)29-17(10-20(27)32)22(34)31-19(12-38)23(35)30-18(24(36)37)9-13-11-28-16-7-2-1-5-14(13)16/h1-2,5,7,11,15,17-19,28,38H,3-4,6,8-10,12,25-26H2,(H2,27,32)(H,29,33)(H,30,35)(H,31,34)(H,36,37). The molecule has 208 valence electrons. The van der Waals surface area contributed by atoms with Gasteiger partial charge in [-0.05, 0) is 31.0 Å². The lowest BCUT2D eigenvalue weighted by Crippen LogP contribution is -2.58. The van der Waals surface area contributed by atoms with Crippen molar-refractivity contribution in [3.8, 4) is 0 Å². The van der Waals surface area contributed by atoms with Crippen LogP contribution >= 0.6 is 12.6 Å². The number of aromatic nitrogens is 1. The number of carboxylic acids is 1. The van der Waals surface area contributed by atoms with Gasteiger partial charge in [0.1, 0.15) is 18.1 Å². The number of H-pyrrole nitrogens is 1. The average molecular weight is 550 g/mol. The minimum atomic E-state index is -1.39. The van der Waals surface area contributed by atoms with Gasteiger partial charge in [0, 0.05) is 29.3 Å². The molecule has 0 spiro atoms. The highest BCUT2D eigenvalue weighted by atomic mass is 32.1. The van der Waals surface area contributed by atoms with Gasteiger partial charge >= 0.3 is 5.97 Å². The molecular formula is C24H35N7O6S. The zero-order chi connectivity index (χ0) is 28.2. The summed E-state index contributed by atoms with van der Waals surface area (Å²) in [6.45, 7) is 0.443. The van der Waals surface area contributed by atoms with E-state index in [0.717, 1.165) is 10.9 Å². The first kappa shape index (κ1) is 30.6. The van der Waals surface area contributed by atoms with Crippen LogP contribution in [-0.4, -0.2) is 76.2 Å². The Morgan fingerprint density at radius 1 is 0.947 bits per heavy atom. The van der Waals surface area contributed by atoms with Gasteiger partial charge in [-0.2, -0.15) is 12.6 Å². The monoisotopic (exact) mass is 549 g/mol. The molecule has 0 saturated heterocycles. The molecule has 0 radical (unpaired) electrons. The van der Waals surface area contributed by atoms with Gasteiger partial charge in [-0.25, -0.2) is 4.79 Å². The number of carboxylic acid groups (broad SMARTS) is 1. The smallest absolute Gasteiger partial charge is 0.326 e. The van der Waals surface area contributed by atoms with Crippen LogP contribution in [0.1, 0.15) is 31.2 Å². The Morgan fingerprint density at radius 2 is 1.58 bits per heavy atom. The number of carbonyl (C=O) groups excluding carboxylic acids is 4. The molecule has 4 amide bonds. The number of rotatable bonds is 16. The Morgan fingerprint density at radius 3 is 2.21 bits per heavy atom. The molecule has 0 aliphatic rings. The Labute approximate surface area is 225 Å². The molecule has 4 unspecified atom stereocenters. The maximum Gasteiger partial charge on any atom is 0.326 e. The van der Waals surface area contributed by atoms with E-state index in [1.54, 1.807) is 6.20 Å². The predicted octanol–water partition coefficient (Wildman–Crippen LogP) is -1.49. The van der Waals surface area contributed by atoms with Gasteiger partial charge in [0.2, 0.25) is 23.6 Å². The van der Waals surface area contributed by atoms with Crippen LogP contribution in [0.2, 0.25) is 0 Å². The number of aliphatic carboxylic acids is 1. The van der Waals surface area contributed by atoms with Gasteiger partial charge in [0.15, 0.2) is 0 Å². The lowest BCUT2D eigenvalue weighted by Gasteiger charge is -2.24. The molecule has 4 atom stereocenters. The van der Waals surface area contributed by atoms with E-state index in [2.05, 4.69) is 33.6 Å². The zero-order valence-electron chi connectivity index (χ0n) is 20.8. The first-order chi connectivity index (χ1) is 18.1. The maximum absolute atomic E-state index is 12.9. The molecule has 14 heteroatoms. The van der Waals surface area contributed by atoms with Crippen LogP contribution in [0.15, 0.2) is 30.5 Å². The van der Waals surface area contributed by atoms with Crippen molar-refractivity contribution in [3.63, 3.8) is 0 Å². The number of benzene rings is 1. The van der Waals surface area contributed by atoms with E-state index >= 15 is 0 Å². The van der Waals surface area contributed by atoms with E-state index < -0.39 is 60.2 Å². The summed E-state index contributed by atoms with van der Waals surface area (Å²) in [6.07, 6.45) is 2.71. The molecular weight excluding hydrogens is 514 g/mol. The van der Waals surface area contributed by atoms with E-state index in [9.17, 15) is 29.1 Å². The minimum absolute atomic E-state index is 0.0132. The van der Waals surface area contributed by atoms with Crippen molar-refractivity contribution in [2.75, 3.05) is 12.3 Å². The fourth-order valence-corrected chi connectivity index (χ4v) is 4.05. The van der Waals surface area contributed by atoms with E-state index in [4.69, 9.17) is 17.2 Å². The van der Waals surface area contributed by atoms with Gasteiger partial charge < -0.3 is 43.2 Å². The molecule has 2 aromatic rings. The number of carbonyl (C=O) groups is 5. The molecule has 1 aromatic carbocycles. The SMILES string of the molecule is NCCCCC(N)C(=O)NC(CC(N)=O)C(=O)NC(CS)C(=O)NC(Cc1c[nH]c2ccccc12)C(=O)O. The second-order valence-electron chi connectivity index (χ2n) is 8.83. The van der Waals surface area contributed by atoms with E-state index in [1.807, 2.05) is 24.3 Å². The molecule has 11 N–H and O–H groups in total. The number of nitrogens with two attached hydrogens (primary N) is 3. The molecule has 0 aliphatic heterocycles. The van der Waals surface area contributed by atoms with Crippen molar-refractivity contribution in [2.45, 2.75) is 56.3 Å². The van der Waals surface area contributed by atoms with Crippen LogP contribution in [-0.2, 0) is 30.4 Å². The third-order valence-corrected chi connectivity index (χ3v) is 6.24. The van der Waals surface area contributed by atoms with Crippen LogP contribution < -0.4 is 33.2 Å². The quantitative estimate of drug-likeness (QED) is 0.0881. The summed E-state index contributed by atoms with van der Waals surface area (Å²) < 4.78 is 0. The largest absolute Gasteiger partial charge is 0.480 e. The molecule has 0 fully saturated rings.